The van der Waals surface area contributed by atoms with Crippen LogP contribution in [0.1, 0.15) is 33.0 Å². The van der Waals surface area contributed by atoms with Gasteiger partial charge in [0.1, 0.15) is 5.82 Å². The molecule has 27 heavy (non-hydrogen) atoms. The summed E-state index contributed by atoms with van der Waals surface area (Å²) in [5, 5.41) is 0. The number of Topliss-reactive ketones (excluding diaryl/α,β-unsaturated/α-hetero) is 1. The molecule has 0 aliphatic rings. The Balaban J connectivity index is 1.99. The third kappa shape index (κ3) is 4.61. The van der Waals surface area contributed by atoms with Crippen molar-refractivity contribution >= 4 is 21.7 Å². The second-order valence-corrected chi connectivity index (χ2v) is 7.28. The second-order valence-electron chi connectivity index (χ2n) is 6.36. The van der Waals surface area contributed by atoms with Crippen LogP contribution in [0.5, 0.6) is 5.88 Å². The van der Waals surface area contributed by atoms with Crippen molar-refractivity contribution in [1.29, 1.82) is 0 Å². The van der Waals surface area contributed by atoms with Crippen LogP contribution < -0.4 is 4.74 Å². The van der Waals surface area contributed by atoms with Crippen molar-refractivity contribution in [3.8, 4) is 5.88 Å². The minimum absolute atomic E-state index is 0.0990. The molecule has 5 heteroatoms. The summed E-state index contributed by atoms with van der Waals surface area (Å²) in [5.41, 5.74) is 2.88. The summed E-state index contributed by atoms with van der Waals surface area (Å²) < 4.78 is 20.1. The molecule has 1 unspecified atom stereocenters. The Kier molecular flexibility index (Phi) is 6.01. The fourth-order valence-electron chi connectivity index (χ4n) is 3.00. The average molecular weight is 428 g/mol. The predicted octanol–water partition coefficient (Wildman–Crippen LogP) is 5.51. The zero-order valence-electron chi connectivity index (χ0n) is 15.1. The van der Waals surface area contributed by atoms with Crippen molar-refractivity contribution in [3.05, 3.63) is 93.3 Å². The highest BCUT2D eigenvalue weighted by Crippen LogP contribution is 2.28. The van der Waals surface area contributed by atoms with Crippen LogP contribution in [-0.2, 0) is 6.42 Å². The maximum Gasteiger partial charge on any atom is 0.212 e. The van der Waals surface area contributed by atoms with E-state index in [0.717, 1.165) is 11.1 Å². The normalized spacial score (nSPS) is 11.9. The molecule has 1 aromatic heterocycles. The molecule has 138 valence electrons. The third-order valence-corrected chi connectivity index (χ3v) is 4.92. The maximum atomic E-state index is 14.4. The van der Waals surface area contributed by atoms with Gasteiger partial charge in [-0.2, -0.15) is 0 Å². The van der Waals surface area contributed by atoms with Crippen molar-refractivity contribution in [2.45, 2.75) is 19.3 Å². The largest absolute Gasteiger partial charge is 0.481 e. The summed E-state index contributed by atoms with van der Waals surface area (Å²) in [6, 6.07) is 16.0. The number of hydrogen-bond donors (Lipinski definition) is 0. The number of ketones is 1. The number of carbonyl (C=O) groups is 1. The summed E-state index contributed by atoms with van der Waals surface area (Å²) in [7, 11) is 1.52. The smallest absolute Gasteiger partial charge is 0.212 e. The Hall–Kier alpha value is -2.53. The quantitative estimate of drug-likeness (QED) is 0.486. The predicted molar refractivity (Wildman–Crippen MR) is 107 cm³/mol. The van der Waals surface area contributed by atoms with Crippen molar-refractivity contribution in [2.75, 3.05) is 7.11 Å². The first-order valence-corrected chi connectivity index (χ1v) is 9.32. The lowest BCUT2D eigenvalue weighted by atomic mass is 9.85. The summed E-state index contributed by atoms with van der Waals surface area (Å²) in [4.78, 5) is 17.4. The maximum absolute atomic E-state index is 14.4. The molecule has 0 radical (unpaired) electrons. The molecular weight excluding hydrogens is 409 g/mol. The Bertz CT molecular complexity index is 957. The Morgan fingerprint density at radius 2 is 2.00 bits per heavy atom. The molecule has 1 heterocycles. The minimum atomic E-state index is -0.504. The van der Waals surface area contributed by atoms with E-state index in [4.69, 9.17) is 4.74 Å². The average Bonchev–Trinajstić information content (AvgIpc) is 2.67. The minimum Gasteiger partial charge on any atom is -0.481 e. The van der Waals surface area contributed by atoms with Gasteiger partial charge in [-0.1, -0.05) is 51.8 Å². The van der Waals surface area contributed by atoms with Crippen LogP contribution >= 0.6 is 15.9 Å². The van der Waals surface area contributed by atoms with E-state index in [2.05, 4.69) is 20.9 Å². The second kappa shape index (κ2) is 8.44. The van der Waals surface area contributed by atoms with Crippen LogP contribution in [-0.4, -0.2) is 17.9 Å². The lowest BCUT2D eigenvalue weighted by Gasteiger charge is -2.18. The third-order valence-electron chi connectivity index (χ3n) is 4.43. The molecule has 3 aromatic rings. The van der Waals surface area contributed by atoms with Gasteiger partial charge in [-0.05, 0) is 42.7 Å². The molecule has 0 N–H and O–H groups in total. The molecule has 0 fully saturated rings. The van der Waals surface area contributed by atoms with E-state index in [1.54, 1.807) is 24.3 Å². The number of aromatic nitrogens is 1. The molecule has 0 saturated carbocycles. The van der Waals surface area contributed by atoms with Crippen molar-refractivity contribution in [2.24, 2.45) is 0 Å². The van der Waals surface area contributed by atoms with Crippen LogP contribution in [0.4, 0.5) is 4.39 Å². The topological polar surface area (TPSA) is 39.2 Å². The molecule has 0 spiro atoms. The van der Waals surface area contributed by atoms with Gasteiger partial charge in [0.05, 0.1) is 13.0 Å². The number of nitrogens with zero attached hydrogens (tertiary/aromatic N) is 1. The highest BCUT2D eigenvalue weighted by atomic mass is 79.9. The van der Waals surface area contributed by atoms with Crippen LogP contribution in [0, 0.1) is 12.7 Å². The number of methoxy groups -OCH3 is 1. The van der Waals surface area contributed by atoms with Crippen LogP contribution in [0.15, 0.2) is 65.3 Å². The molecule has 0 saturated heterocycles. The van der Waals surface area contributed by atoms with Crippen LogP contribution in [0.25, 0.3) is 0 Å². The Morgan fingerprint density at radius 1 is 1.19 bits per heavy atom. The van der Waals surface area contributed by atoms with Gasteiger partial charge in [-0.25, -0.2) is 9.37 Å². The molecule has 0 aliphatic carbocycles. The fourth-order valence-corrected chi connectivity index (χ4v) is 3.34. The highest BCUT2D eigenvalue weighted by Gasteiger charge is 2.24. The molecule has 0 bridgehead atoms. The lowest BCUT2D eigenvalue weighted by Crippen LogP contribution is -2.17. The van der Waals surface area contributed by atoms with Gasteiger partial charge in [-0.3, -0.25) is 4.79 Å². The summed E-state index contributed by atoms with van der Waals surface area (Å²) in [5.74, 6) is -0.492. The summed E-state index contributed by atoms with van der Waals surface area (Å²) in [6.07, 6.45) is 1.77. The zero-order valence-corrected chi connectivity index (χ0v) is 16.7. The van der Waals surface area contributed by atoms with E-state index in [9.17, 15) is 9.18 Å². The number of hydrogen-bond acceptors (Lipinski definition) is 3. The zero-order chi connectivity index (χ0) is 19.4. The Morgan fingerprint density at radius 3 is 2.63 bits per heavy atom. The monoisotopic (exact) mass is 427 g/mol. The number of benzene rings is 2. The SMILES string of the molecule is COc1ccc(C(=O)C(Cc2ccc(Br)cc2F)c2cccc(C)c2)cn1. The van der Waals surface area contributed by atoms with Crippen LogP contribution in [0.3, 0.4) is 0 Å². The van der Waals surface area contributed by atoms with Crippen molar-refractivity contribution in [1.82, 2.24) is 4.98 Å². The van der Waals surface area contributed by atoms with Crippen molar-refractivity contribution < 1.29 is 13.9 Å². The van der Waals surface area contributed by atoms with Crippen LogP contribution in [0.2, 0.25) is 0 Å². The first-order valence-electron chi connectivity index (χ1n) is 8.52. The first-order chi connectivity index (χ1) is 13.0. The molecule has 0 aliphatic heterocycles. The lowest BCUT2D eigenvalue weighted by molar-refractivity contribution is 0.0958. The number of pyridine rings is 1. The number of carbonyl (C=O) groups excluding carboxylic acids is 1. The van der Waals surface area contributed by atoms with E-state index in [1.807, 2.05) is 31.2 Å². The molecule has 2 aromatic carbocycles. The van der Waals surface area contributed by atoms with Gasteiger partial charge >= 0.3 is 0 Å². The van der Waals surface area contributed by atoms with E-state index >= 15 is 0 Å². The van der Waals surface area contributed by atoms with Gasteiger partial charge in [-0.15, -0.1) is 0 Å². The van der Waals surface area contributed by atoms with E-state index in [1.165, 1.54) is 19.4 Å². The van der Waals surface area contributed by atoms with E-state index in [-0.39, 0.29) is 18.0 Å². The standard InChI is InChI=1S/C22H19BrFNO2/c1-14-4-3-5-15(10-14)19(11-16-6-8-18(23)12-20(16)24)22(26)17-7-9-21(27-2)25-13-17/h3-10,12-13,19H,11H2,1-2H3. The van der Waals surface area contributed by atoms with E-state index < -0.39 is 5.92 Å². The van der Waals surface area contributed by atoms with Gasteiger partial charge in [0, 0.05) is 22.3 Å². The molecule has 3 nitrogen and oxygen atoms in total. The Labute approximate surface area is 166 Å². The number of ether oxygens (including phenoxy) is 1. The van der Waals surface area contributed by atoms with Gasteiger partial charge in [0.2, 0.25) is 5.88 Å². The first kappa shape index (κ1) is 19.2. The number of rotatable bonds is 6. The van der Waals surface area contributed by atoms with Crippen molar-refractivity contribution in [3.63, 3.8) is 0 Å². The molecule has 3 rings (SSSR count). The number of halogens is 2. The van der Waals surface area contributed by atoms with Gasteiger partial charge < -0.3 is 4.74 Å². The number of aryl methyl sites for hydroxylation is 1. The highest BCUT2D eigenvalue weighted by molar-refractivity contribution is 9.10. The molecule has 0 amide bonds. The summed E-state index contributed by atoms with van der Waals surface area (Å²) >= 11 is 3.27. The molecular formula is C22H19BrFNO2. The molecule has 1 atom stereocenters. The fraction of sp³-hybridized carbons (Fsp3) is 0.182. The van der Waals surface area contributed by atoms with Gasteiger partial charge in [0.25, 0.3) is 0 Å². The van der Waals surface area contributed by atoms with E-state index in [0.29, 0.717) is 21.5 Å². The van der Waals surface area contributed by atoms with Gasteiger partial charge in [0.15, 0.2) is 5.78 Å². The summed E-state index contributed by atoms with van der Waals surface area (Å²) in [6.45, 7) is 1.97.